The number of carbonyl (C=O) groups excluding carboxylic acids is 3. The van der Waals surface area contributed by atoms with Gasteiger partial charge in [0.15, 0.2) is 5.69 Å². The summed E-state index contributed by atoms with van der Waals surface area (Å²) >= 11 is 0. The molecule has 1 atom stereocenters. The molecule has 3 heterocycles. The Morgan fingerprint density at radius 3 is 2.24 bits per heavy atom. The van der Waals surface area contributed by atoms with Crippen molar-refractivity contribution in [2.75, 3.05) is 19.7 Å². The first-order valence-corrected chi connectivity index (χ1v) is 16.7. The number of rotatable bonds is 10. The van der Waals surface area contributed by atoms with E-state index in [9.17, 15) is 41.2 Å². The zero-order valence-corrected chi connectivity index (χ0v) is 27.6. The first kappa shape index (κ1) is 34.9. The number of amides is 3. The number of aromatic nitrogens is 2. The lowest BCUT2D eigenvalue weighted by molar-refractivity contribution is -0.728. The fourth-order valence-corrected chi connectivity index (χ4v) is 6.23. The van der Waals surface area contributed by atoms with Crippen molar-refractivity contribution < 1.29 is 50.5 Å². The molecule has 1 saturated heterocycles. The maximum absolute atomic E-state index is 13.5. The number of hydrazine groups is 1. The molecule has 15 nitrogen and oxygen atoms in total. The molecule has 0 saturated carbocycles. The Kier molecular flexibility index (Phi) is 9.15. The van der Waals surface area contributed by atoms with E-state index in [1.54, 1.807) is 41.1 Å². The van der Waals surface area contributed by atoms with Crippen LogP contribution in [0.2, 0.25) is 0 Å². The van der Waals surface area contributed by atoms with E-state index in [2.05, 4.69) is 10.4 Å². The summed E-state index contributed by atoms with van der Waals surface area (Å²) in [6.45, 7) is 3.08. The van der Waals surface area contributed by atoms with Crippen LogP contribution >= 0.6 is 0 Å². The van der Waals surface area contributed by atoms with E-state index in [4.69, 9.17) is 9.57 Å². The number of carbonyl (C=O) groups is 3. The van der Waals surface area contributed by atoms with E-state index in [0.717, 1.165) is 33.3 Å². The number of nitrogens with zero attached hydrogens (tertiary/aromatic N) is 6. The molecule has 6 rings (SSSR count). The molecular weight excluding hydrogens is 699 g/mol. The number of hydrogen-bond acceptors (Lipinski definition) is 10. The maximum Gasteiger partial charge on any atom is 0.435 e. The third-order valence-electron chi connectivity index (χ3n) is 8.05. The van der Waals surface area contributed by atoms with Gasteiger partial charge in [0.25, 0.3) is 21.8 Å². The lowest BCUT2D eigenvalue weighted by Crippen LogP contribution is -2.52. The summed E-state index contributed by atoms with van der Waals surface area (Å²) in [5.41, 5.74) is 0.916. The predicted octanol–water partition coefficient (Wildman–Crippen LogP) is 4.66. The quantitative estimate of drug-likeness (QED) is 0.105. The molecular formula is C32H28F3N7O8S. The Morgan fingerprint density at radius 1 is 1.04 bits per heavy atom. The van der Waals surface area contributed by atoms with Crippen LogP contribution in [0.1, 0.15) is 38.9 Å². The van der Waals surface area contributed by atoms with Crippen LogP contribution in [0.25, 0.3) is 16.9 Å². The molecule has 2 aliphatic heterocycles. The lowest BCUT2D eigenvalue weighted by atomic mass is 10.0. The molecule has 4 aromatic rings. The summed E-state index contributed by atoms with van der Waals surface area (Å²) < 4.78 is 74.1. The molecule has 0 bridgehead atoms. The molecule has 1 N–H and O–H groups in total. The van der Waals surface area contributed by atoms with Gasteiger partial charge in [0.1, 0.15) is 0 Å². The smallest absolute Gasteiger partial charge is 0.435 e. The standard InChI is InChI=1S/C32H28F3N7O8S/c1-19-7-9-22(10-8-19)27-15-28(32(33,34)35)36-41(27)23-11-13-24(14-12-23)51(47,48)37-31(45)49-18-21-16-39(17-21)42(46)38-50-20(2)40-29(43)25-5-3-4-6-26(25)30(40)44/h3-15,20-21H,16-18H2,1-2H3,(H,37,45)/b42-38+. The van der Waals surface area contributed by atoms with Gasteiger partial charge in [-0.25, -0.2) is 27.5 Å². The van der Waals surface area contributed by atoms with Gasteiger partial charge in [-0.3, -0.25) is 9.59 Å². The van der Waals surface area contributed by atoms with Crippen molar-refractivity contribution in [3.8, 4) is 16.9 Å². The number of hydrogen-bond donors (Lipinski definition) is 1. The van der Waals surface area contributed by atoms with E-state index in [1.165, 1.54) is 36.2 Å². The summed E-state index contributed by atoms with van der Waals surface area (Å²) in [7, 11) is -4.44. The van der Waals surface area contributed by atoms with Gasteiger partial charge in [-0.05, 0) is 56.3 Å². The van der Waals surface area contributed by atoms with Crippen LogP contribution in [0.3, 0.4) is 0 Å². The van der Waals surface area contributed by atoms with Crippen molar-refractivity contribution in [2.24, 2.45) is 11.2 Å². The number of ether oxygens (including phenoxy) is 1. The number of imide groups is 1. The number of aryl methyl sites for hydroxylation is 1. The van der Waals surface area contributed by atoms with E-state index >= 15 is 0 Å². The van der Waals surface area contributed by atoms with Crippen molar-refractivity contribution >= 4 is 27.9 Å². The minimum Gasteiger partial charge on any atom is -0.569 e. The van der Waals surface area contributed by atoms with Crippen LogP contribution in [-0.4, -0.2) is 76.9 Å². The van der Waals surface area contributed by atoms with E-state index in [1.807, 2.05) is 6.92 Å². The Morgan fingerprint density at radius 2 is 1.65 bits per heavy atom. The average Bonchev–Trinajstić information content (AvgIpc) is 3.63. The first-order valence-electron chi connectivity index (χ1n) is 15.2. The average molecular weight is 728 g/mol. The fraction of sp³-hybridized carbons (Fsp3) is 0.250. The number of nitrogens with one attached hydrogen (secondary N) is 1. The van der Waals surface area contributed by atoms with Crippen molar-refractivity contribution in [3.05, 3.63) is 106 Å². The largest absolute Gasteiger partial charge is 0.569 e. The SMILES string of the molecule is Cc1ccc(-c2cc(C(F)(F)F)nn2-c2ccc(S(=O)(=O)NC(=O)OCC3CN(/[N+]([O-])=N\OC(C)N4C(=O)c5ccccc5C4=O)C3)cc2)cc1. The van der Waals surface area contributed by atoms with Gasteiger partial charge in [0, 0.05) is 11.5 Å². The third-order valence-corrected chi connectivity index (χ3v) is 9.37. The summed E-state index contributed by atoms with van der Waals surface area (Å²) in [6, 6.07) is 18.6. The molecule has 3 amide bonds. The highest BCUT2D eigenvalue weighted by Gasteiger charge is 2.40. The number of benzene rings is 3. The molecule has 51 heavy (non-hydrogen) atoms. The fourth-order valence-electron chi connectivity index (χ4n) is 5.34. The third kappa shape index (κ3) is 7.18. The van der Waals surface area contributed by atoms with Crippen LogP contribution in [0.5, 0.6) is 0 Å². The minimum absolute atomic E-state index is 0.0628. The molecule has 1 fully saturated rings. The zero-order chi connectivity index (χ0) is 36.7. The molecule has 3 aromatic carbocycles. The molecule has 0 aliphatic carbocycles. The second-order valence-electron chi connectivity index (χ2n) is 11.7. The van der Waals surface area contributed by atoms with Crippen molar-refractivity contribution in [2.45, 2.75) is 31.1 Å². The summed E-state index contributed by atoms with van der Waals surface area (Å²) in [5, 5.41) is 20.6. The molecule has 0 radical (unpaired) electrons. The molecule has 0 spiro atoms. The van der Waals surface area contributed by atoms with Crippen LogP contribution < -0.4 is 4.72 Å². The van der Waals surface area contributed by atoms with Crippen LogP contribution in [-0.2, 0) is 25.8 Å². The van der Waals surface area contributed by atoms with Gasteiger partial charge in [-0.1, -0.05) is 42.0 Å². The second-order valence-corrected chi connectivity index (χ2v) is 13.4. The van der Waals surface area contributed by atoms with Gasteiger partial charge >= 0.3 is 12.3 Å². The number of alkyl halides is 3. The molecule has 2 aliphatic rings. The van der Waals surface area contributed by atoms with Crippen molar-refractivity contribution in [1.29, 1.82) is 0 Å². The Bertz CT molecular complexity index is 2100. The zero-order valence-electron chi connectivity index (χ0n) is 26.8. The molecule has 19 heteroatoms. The molecule has 266 valence electrons. The highest BCUT2D eigenvalue weighted by Crippen LogP contribution is 2.33. The minimum atomic E-state index is -4.72. The highest BCUT2D eigenvalue weighted by atomic mass is 32.2. The topological polar surface area (TPSA) is 179 Å². The number of halogens is 3. The first-order chi connectivity index (χ1) is 24.1. The highest BCUT2D eigenvalue weighted by molar-refractivity contribution is 7.90. The normalized spacial score (nSPS) is 15.7. The summed E-state index contributed by atoms with van der Waals surface area (Å²) in [6.07, 6.45) is -7.19. The van der Waals surface area contributed by atoms with Gasteiger partial charge in [-0.15, -0.1) is 5.01 Å². The molecule has 1 unspecified atom stereocenters. The van der Waals surface area contributed by atoms with Gasteiger partial charge in [0.2, 0.25) is 11.5 Å². The summed E-state index contributed by atoms with van der Waals surface area (Å²) in [4.78, 5) is 43.1. The second kappa shape index (κ2) is 13.4. The number of fused-ring (bicyclic) bond motifs is 1. The maximum atomic E-state index is 13.5. The van der Waals surface area contributed by atoms with E-state index in [0.29, 0.717) is 5.56 Å². The van der Waals surface area contributed by atoms with Crippen LogP contribution in [0.15, 0.2) is 89.0 Å². The summed E-state index contributed by atoms with van der Waals surface area (Å²) in [5.74, 6) is -1.53. The van der Waals surface area contributed by atoms with Crippen molar-refractivity contribution in [3.63, 3.8) is 0 Å². The van der Waals surface area contributed by atoms with Crippen LogP contribution in [0.4, 0.5) is 18.0 Å². The van der Waals surface area contributed by atoms with Gasteiger partial charge < -0.3 is 14.8 Å². The molecule has 1 aromatic heterocycles. The van der Waals surface area contributed by atoms with E-state index in [-0.39, 0.29) is 58.0 Å². The predicted molar refractivity (Wildman–Crippen MR) is 169 cm³/mol. The lowest BCUT2D eigenvalue weighted by Gasteiger charge is -2.33. The Balaban J connectivity index is 1.00. The Labute approximate surface area is 288 Å². The van der Waals surface area contributed by atoms with Crippen LogP contribution in [0, 0.1) is 18.0 Å². The number of sulfonamides is 1. The van der Waals surface area contributed by atoms with Gasteiger partial charge in [0.05, 0.1) is 52.1 Å². The van der Waals surface area contributed by atoms with Crippen molar-refractivity contribution in [1.82, 2.24) is 24.4 Å². The monoisotopic (exact) mass is 727 g/mol. The van der Waals surface area contributed by atoms with E-state index < -0.39 is 46.0 Å². The Hall–Kier alpha value is -5.98. The van der Waals surface area contributed by atoms with Gasteiger partial charge in [-0.2, -0.15) is 18.3 Å².